The smallest absolute Gasteiger partial charge is 0.253 e. The maximum Gasteiger partial charge on any atom is 0.253 e. The Morgan fingerprint density at radius 1 is 1.30 bits per heavy atom. The molecule has 6 nitrogen and oxygen atoms in total. The van der Waals surface area contributed by atoms with E-state index in [0.29, 0.717) is 35.0 Å². The van der Waals surface area contributed by atoms with Crippen molar-refractivity contribution >= 4 is 16.9 Å². The molecule has 0 saturated heterocycles. The van der Waals surface area contributed by atoms with E-state index in [1.165, 1.54) is 6.26 Å². The molecule has 0 fully saturated rings. The van der Waals surface area contributed by atoms with Gasteiger partial charge in [-0.05, 0) is 31.5 Å². The second-order valence-corrected chi connectivity index (χ2v) is 5.38. The minimum atomic E-state index is 0.0136. The van der Waals surface area contributed by atoms with Crippen LogP contribution in [0, 0.1) is 6.92 Å². The molecule has 2 aromatic heterocycles. The number of carbonyl (C=O) groups is 1. The quantitative estimate of drug-likeness (QED) is 0.718. The maximum atomic E-state index is 12.6. The van der Waals surface area contributed by atoms with Crippen molar-refractivity contribution in [3.05, 3.63) is 35.9 Å². The van der Waals surface area contributed by atoms with Crippen molar-refractivity contribution in [2.75, 3.05) is 13.1 Å². The zero-order valence-electron chi connectivity index (χ0n) is 13.5. The molecule has 0 aliphatic rings. The Bertz CT molecular complexity index is 835. The fourth-order valence-corrected chi connectivity index (χ4v) is 2.58. The first-order chi connectivity index (χ1) is 11.1. The van der Waals surface area contributed by atoms with Gasteiger partial charge in [0.2, 0.25) is 0 Å². The van der Waals surface area contributed by atoms with Crippen LogP contribution in [-0.2, 0) is 0 Å². The molecule has 120 valence electrons. The van der Waals surface area contributed by atoms with Gasteiger partial charge in [0.25, 0.3) is 5.91 Å². The van der Waals surface area contributed by atoms with Crippen LogP contribution in [0.3, 0.4) is 0 Å². The van der Waals surface area contributed by atoms with Crippen LogP contribution < -0.4 is 0 Å². The van der Waals surface area contributed by atoms with Gasteiger partial charge in [-0.25, -0.2) is 4.98 Å². The molecular weight excluding hydrogens is 294 g/mol. The van der Waals surface area contributed by atoms with E-state index in [1.807, 2.05) is 17.9 Å². The molecule has 0 aliphatic carbocycles. The molecule has 1 aromatic carbocycles. The molecular formula is C17H19N3O3. The fraction of sp³-hybridized carbons (Fsp3) is 0.353. The van der Waals surface area contributed by atoms with Crippen molar-refractivity contribution < 1.29 is 13.7 Å². The number of amides is 1. The number of benzene rings is 1. The van der Waals surface area contributed by atoms with Crippen molar-refractivity contribution in [2.24, 2.45) is 0 Å². The highest BCUT2D eigenvalue weighted by atomic mass is 16.5. The van der Waals surface area contributed by atoms with Crippen molar-refractivity contribution in [3.8, 4) is 11.4 Å². The average Bonchev–Trinajstić information content (AvgIpc) is 3.17. The molecule has 1 amide bonds. The monoisotopic (exact) mass is 313 g/mol. The molecule has 6 heteroatoms. The van der Waals surface area contributed by atoms with Gasteiger partial charge in [-0.3, -0.25) is 4.79 Å². The number of nitrogens with zero attached hydrogens (tertiary/aromatic N) is 3. The number of oxazole rings is 1. The van der Waals surface area contributed by atoms with Crippen LogP contribution in [0.25, 0.3) is 22.4 Å². The van der Waals surface area contributed by atoms with Gasteiger partial charge in [-0.15, -0.1) is 0 Å². The summed E-state index contributed by atoms with van der Waals surface area (Å²) in [6.45, 7) is 7.24. The lowest BCUT2D eigenvalue weighted by atomic mass is 10.1. The highest BCUT2D eigenvalue weighted by Crippen LogP contribution is 2.28. The Kier molecular flexibility index (Phi) is 4.14. The van der Waals surface area contributed by atoms with Gasteiger partial charge >= 0.3 is 0 Å². The van der Waals surface area contributed by atoms with Crippen LogP contribution in [0.4, 0.5) is 0 Å². The van der Waals surface area contributed by atoms with Gasteiger partial charge in [0, 0.05) is 25.6 Å². The predicted octanol–water partition coefficient (Wildman–Crippen LogP) is 3.66. The third kappa shape index (κ3) is 2.84. The minimum Gasteiger partial charge on any atom is -0.449 e. The largest absolute Gasteiger partial charge is 0.449 e. The van der Waals surface area contributed by atoms with E-state index in [-0.39, 0.29) is 5.91 Å². The summed E-state index contributed by atoms with van der Waals surface area (Å²) >= 11 is 0. The average molecular weight is 313 g/mol. The summed E-state index contributed by atoms with van der Waals surface area (Å²) in [7, 11) is 0. The Hall–Kier alpha value is -2.63. The normalized spacial score (nSPS) is 11.1. The first-order valence-electron chi connectivity index (χ1n) is 7.75. The molecule has 3 aromatic rings. The molecule has 0 aliphatic heterocycles. The molecule has 0 bridgehead atoms. The molecule has 0 N–H and O–H groups in total. The van der Waals surface area contributed by atoms with E-state index in [4.69, 9.17) is 8.94 Å². The summed E-state index contributed by atoms with van der Waals surface area (Å²) in [5.74, 6) is 0.572. The Morgan fingerprint density at radius 2 is 2.13 bits per heavy atom. The van der Waals surface area contributed by atoms with Gasteiger partial charge in [-0.2, -0.15) is 0 Å². The molecule has 0 spiro atoms. The summed E-state index contributed by atoms with van der Waals surface area (Å²) in [6, 6.07) is 5.35. The standard InChI is InChI=1S/C17H19N3O3/c1-4-8-20(5-2)17(21)12-6-7-15-13(9-12)16(19-23-15)14-10-22-11(3)18-14/h6-7,9-10H,4-5,8H2,1-3H3. The van der Waals surface area contributed by atoms with Crippen LogP contribution in [0.1, 0.15) is 36.5 Å². The number of hydrogen-bond acceptors (Lipinski definition) is 5. The van der Waals surface area contributed by atoms with Gasteiger partial charge in [-0.1, -0.05) is 12.1 Å². The lowest BCUT2D eigenvalue weighted by Crippen LogP contribution is -2.31. The summed E-state index contributed by atoms with van der Waals surface area (Å²) in [4.78, 5) is 18.7. The van der Waals surface area contributed by atoms with E-state index in [2.05, 4.69) is 17.1 Å². The first-order valence-corrected chi connectivity index (χ1v) is 7.75. The van der Waals surface area contributed by atoms with Crippen molar-refractivity contribution in [3.63, 3.8) is 0 Å². The summed E-state index contributed by atoms with van der Waals surface area (Å²) < 4.78 is 10.6. The third-order valence-electron chi connectivity index (χ3n) is 3.74. The number of carbonyl (C=O) groups excluding carboxylic acids is 1. The zero-order valence-corrected chi connectivity index (χ0v) is 13.5. The minimum absolute atomic E-state index is 0.0136. The lowest BCUT2D eigenvalue weighted by molar-refractivity contribution is 0.0764. The number of rotatable bonds is 5. The number of aryl methyl sites for hydroxylation is 1. The van der Waals surface area contributed by atoms with E-state index < -0.39 is 0 Å². The molecule has 0 radical (unpaired) electrons. The van der Waals surface area contributed by atoms with Gasteiger partial charge in [0.05, 0.1) is 5.39 Å². The Balaban J connectivity index is 2.02. The fourth-order valence-electron chi connectivity index (χ4n) is 2.58. The van der Waals surface area contributed by atoms with Crippen molar-refractivity contribution in [1.29, 1.82) is 0 Å². The second-order valence-electron chi connectivity index (χ2n) is 5.38. The molecule has 23 heavy (non-hydrogen) atoms. The topological polar surface area (TPSA) is 72.4 Å². The highest BCUT2D eigenvalue weighted by Gasteiger charge is 2.18. The number of fused-ring (bicyclic) bond motifs is 1. The Morgan fingerprint density at radius 3 is 2.78 bits per heavy atom. The van der Waals surface area contributed by atoms with Crippen LogP contribution in [0.15, 0.2) is 33.4 Å². The summed E-state index contributed by atoms with van der Waals surface area (Å²) in [5, 5.41) is 4.82. The van der Waals surface area contributed by atoms with E-state index >= 15 is 0 Å². The molecule has 0 atom stereocenters. The molecule has 3 rings (SSSR count). The predicted molar refractivity (Wildman–Crippen MR) is 86.1 cm³/mol. The van der Waals surface area contributed by atoms with Gasteiger partial charge < -0.3 is 13.8 Å². The van der Waals surface area contributed by atoms with Crippen molar-refractivity contribution in [1.82, 2.24) is 15.0 Å². The molecule has 0 unspecified atom stereocenters. The maximum absolute atomic E-state index is 12.6. The molecule has 0 saturated carbocycles. The van der Waals surface area contributed by atoms with Crippen molar-refractivity contribution in [2.45, 2.75) is 27.2 Å². The third-order valence-corrected chi connectivity index (χ3v) is 3.74. The summed E-state index contributed by atoms with van der Waals surface area (Å²) in [6.07, 6.45) is 2.47. The van der Waals surface area contributed by atoms with Crippen LogP contribution >= 0.6 is 0 Å². The zero-order chi connectivity index (χ0) is 16.4. The SMILES string of the molecule is CCCN(CC)C(=O)c1ccc2onc(-c3coc(C)n3)c2c1. The second kappa shape index (κ2) is 6.24. The highest BCUT2D eigenvalue weighted by molar-refractivity contribution is 6.00. The number of aromatic nitrogens is 2. The summed E-state index contributed by atoms with van der Waals surface area (Å²) in [5.41, 5.74) is 2.44. The number of hydrogen-bond donors (Lipinski definition) is 0. The lowest BCUT2D eigenvalue weighted by Gasteiger charge is -2.20. The van der Waals surface area contributed by atoms with Gasteiger partial charge in [0.1, 0.15) is 17.7 Å². The van der Waals surface area contributed by atoms with Crippen LogP contribution in [-0.4, -0.2) is 34.0 Å². The Labute approximate surface area is 134 Å². The van der Waals surface area contributed by atoms with E-state index in [0.717, 1.165) is 18.4 Å². The van der Waals surface area contributed by atoms with Crippen LogP contribution in [0.2, 0.25) is 0 Å². The van der Waals surface area contributed by atoms with Crippen LogP contribution in [0.5, 0.6) is 0 Å². The first kappa shape index (κ1) is 15.3. The van der Waals surface area contributed by atoms with Gasteiger partial charge in [0.15, 0.2) is 11.5 Å². The van der Waals surface area contributed by atoms with E-state index in [9.17, 15) is 4.79 Å². The molecule has 2 heterocycles. The van der Waals surface area contributed by atoms with E-state index in [1.54, 1.807) is 19.1 Å².